The van der Waals surface area contributed by atoms with E-state index in [0.717, 1.165) is 4.47 Å². The summed E-state index contributed by atoms with van der Waals surface area (Å²) in [6, 6.07) is 5.25. The molecule has 2 rings (SSSR count). The van der Waals surface area contributed by atoms with Crippen molar-refractivity contribution in [2.24, 2.45) is 5.92 Å². The minimum absolute atomic E-state index is 0.131. The third-order valence-corrected chi connectivity index (χ3v) is 3.75. The zero-order valence-electron chi connectivity index (χ0n) is 8.62. The first-order chi connectivity index (χ1) is 7.99. The molecule has 0 bridgehead atoms. The van der Waals surface area contributed by atoms with Gasteiger partial charge >= 0.3 is 0 Å². The summed E-state index contributed by atoms with van der Waals surface area (Å²) in [6.45, 7) is 0.294. The fourth-order valence-corrected chi connectivity index (χ4v) is 2.71. The molecule has 0 spiro atoms. The van der Waals surface area contributed by atoms with Crippen LogP contribution < -0.4 is 4.90 Å². The quantitative estimate of drug-likeness (QED) is 0.777. The molecule has 1 unspecified atom stereocenters. The molecule has 1 aromatic carbocycles. The Labute approximate surface area is 117 Å². The molecule has 0 radical (unpaired) electrons. The summed E-state index contributed by atoms with van der Waals surface area (Å²) in [7, 11) is 0. The molecule has 1 saturated heterocycles. The SMILES string of the molecule is O=C(Cl)C1CC(=O)N(c2ccc(Br)cc2Cl)C1. The summed E-state index contributed by atoms with van der Waals surface area (Å²) in [5.41, 5.74) is 0.611. The predicted molar refractivity (Wildman–Crippen MR) is 70.5 cm³/mol. The number of rotatable bonds is 2. The summed E-state index contributed by atoms with van der Waals surface area (Å²) in [5, 5.41) is -0.00974. The molecule has 1 amide bonds. The van der Waals surface area contributed by atoms with Crippen molar-refractivity contribution in [2.45, 2.75) is 6.42 Å². The number of anilines is 1. The molecule has 0 saturated carbocycles. The second-order valence-corrected chi connectivity index (χ2v) is 5.50. The van der Waals surface area contributed by atoms with E-state index < -0.39 is 11.2 Å². The maximum Gasteiger partial charge on any atom is 0.227 e. The highest BCUT2D eigenvalue weighted by Crippen LogP contribution is 2.33. The molecule has 90 valence electrons. The first-order valence-corrected chi connectivity index (χ1v) is 6.48. The molecule has 0 aliphatic carbocycles. The van der Waals surface area contributed by atoms with Crippen LogP contribution in [0.25, 0.3) is 0 Å². The third kappa shape index (κ3) is 2.64. The maximum atomic E-state index is 11.8. The van der Waals surface area contributed by atoms with E-state index in [1.54, 1.807) is 18.2 Å². The Hall–Kier alpha value is -0.580. The molecular formula is C11H8BrCl2NO2. The van der Waals surface area contributed by atoms with Crippen LogP contribution in [0.15, 0.2) is 22.7 Å². The Balaban J connectivity index is 2.29. The minimum atomic E-state index is -0.478. The molecule has 0 N–H and O–H groups in total. The van der Waals surface area contributed by atoms with E-state index >= 15 is 0 Å². The van der Waals surface area contributed by atoms with Crippen molar-refractivity contribution in [2.75, 3.05) is 11.4 Å². The Bertz CT molecular complexity index is 492. The van der Waals surface area contributed by atoms with Gasteiger partial charge in [0.1, 0.15) is 0 Å². The molecular weight excluding hydrogens is 329 g/mol. The zero-order chi connectivity index (χ0) is 12.6. The number of carbonyl (C=O) groups excluding carboxylic acids is 2. The molecule has 1 aliphatic rings. The monoisotopic (exact) mass is 335 g/mol. The van der Waals surface area contributed by atoms with Gasteiger partial charge in [-0.2, -0.15) is 0 Å². The van der Waals surface area contributed by atoms with Crippen molar-refractivity contribution in [1.82, 2.24) is 0 Å². The van der Waals surface area contributed by atoms with Crippen LogP contribution in [0.5, 0.6) is 0 Å². The van der Waals surface area contributed by atoms with E-state index in [0.29, 0.717) is 17.3 Å². The topological polar surface area (TPSA) is 37.4 Å². The largest absolute Gasteiger partial charge is 0.310 e. The van der Waals surface area contributed by atoms with Gasteiger partial charge in [0.15, 0.2) is 0 Å². The highest BCUT2D eigenvalue weighted by Gasteiger charge is 2.35. The molecule has 1 aliphatic heterocycles. The molecule has 3 nitrogen and oxygen atoms in total. The summed E-state index contributed by atoms with van der Waals surface area (Å²) in [4.78, 5) is 24.3. The molecule has 1 aromatic rings. The highest BCUT2D eigenvalue weighted by molar-refractivity contribution is 9.10. The number of hydrogen-bond acceptors (Lipinski definition) is 2. The van der Waals surface area contributed by atoms with E-state index in [4.69, 9.17) is 23.2 Å². The standard InChI is InChI=1S/C11H8BrCl2NO2/c12-7-1-2-9(8(13)4-7)15-5-6(11(14)17)3-10(15)16/h1-2,4,6H,3,5H2. The summed E-state index contributed by atoms with van der Waals surface area (Å²) >= 11 is 14.8. The lowest BCUT2D eigenvalue weighted by atomic mass is 10.1. The van der Waals surface area contributed by atoms with Gasteiger partial charge in [-0.15, -0.1) is 0 Å². The fourth-order valence-electron chi connectivity index (χ4n) is 1.79. The van der Waals surface area contributed by atoms with E-state index in [9.17, 15) is 9.59 Å². The Morgan fingerprint density at radius 1 is 1.47 bits per heavy atom. The van der Waals surface area contributed by atoms with Gasteiger partial charge in [0.25, 0.3) is 0 Å². The first-order valence-electron chi connectivity index (χ1n) is 4.94. The molecule has 0 aromatic heterocycles. The average Bonchev–Trinajstić information content (AvgIpc) is 2.61. The van der Waals surface area contributed by atoms with Crippen molar-refractivity contribution in [3.63, 3.8) is 0 Å². The number of hydrogen-bond donors (Lipinski definition) is 0. The fraction of sp³-hybridized carbons (Fsp3) is 0.273. The molecule has 1 fully saturated rings. The number of nitrogens with zero attached hydrogens (tertiary/aromatic N) is 1. The lowest BCUT2D eigenvalue weighted by Gasteiger charge is -2.17. The number of halogens is 3. The molecule has 1 heterocycles. The average molecular weight is 337 g/mol. The number of benzene rings is 1. The first kappa shape index (κ1) is 12.9. The van der Waals surface area contributed by atoms with Crippen molar-refractivity contribution < 1.29 is 9.59 Å². The van der Waals surface area contributed by atoms with Crippen LogP contribution >= 0.6 is 39.1 Å². The smallest absolute Gasteiger partial charge is 0.227 e. The molecule has 17 heavy (non-hydrogen) atoms. The Kier molecular flexibility index (Phi) is 3.76. The van der Waals surface area contributed by atoms with Gasteiger partial charge in [-0.1, -0.05) is 27.5 Å². The number of amides is 1. The summed E-state index contributed by atoms with van der Waals surface area (Å²) < 4.78 is 0.836. The summed E-state index contributed by atoms with van der Waals surface area (Å²) in [6.07, 6.45) is 0.148. The van der Waals surface area contributed by atoms with E-state index in [1.165, 1.54) is 4.90 Å². The van der Waals surface area contributed by atoms with Gasteiger partial charge in [0.2, 0.25) is 11.1 Å². The highest BCUT2D eigenvalue weighted by atomic mass is 79.9. The normalized spacial score (nSPS) is 19.8. The Morgan fingerprint density at radius 2 is 2.18 bits per heavy atom. The second kappa shape index (κ2) is 4.96. The molecule has 6 heteroatoms. The third-order valence-electron chi connectivity index (χ3n) is 2.65. The van der Waals surface area contributed by atoms with E-state index in [1.807, 2.05) is 0 Å². The Morgan fingerprint density at radius 3 is 2.71 bits per heavy atom. The minimum Gasteiger partial charge on any atom is -0.310 e. The van der Waals surface area contributed by atoms with Gasteiger partial charge < -0.3 is 4.90 Å². The predicted octanol–water partition coefficient (Wildman–Crippen LogP) is 3.22. The van der Waals surface area contributed by atoms with E-state index in [2.05, 4.69) is 15.9 Å². The summed E-state index contributed by atoms with van der Waals surface area (Å²) in [5.74, 6) is -0.572. The van der Waals surface area contributed by atoms with Crippen molar-refractivity contribution in [1.29, 1.82) is 0 Å². The lowest BCUT2D eigenvalue weighted by molar-refractivity contribution is -0.120. The van der Waals surface area contributed by atoms with Gasteiger partial charge in [-0.25, -0.2) is 0 Å². The van der Waals surface area contributed by atoms with Gasteiger partial charge in [-0.05, 0) is 29.8 Å². The number of carbonyl (C=O) groups is 2. The van der Waals surface area contributed by atoms with Crippen LogP contribution in [0.2, 0.25) is 5.02 Å². The van der Waals surface area contributed by atoms with Crippen LogP contribution in [0.4, 0.5) is 5.69 Å². The van der Waals surface area contributed by atoms with Gasteiger partial charge in [0.05, 0.1) is 16.6 Å². The van der Waals surface area contributed by atoms with Crippen molar-refractivity contribution in [3.05, 3.63) is 27.7 Å². The van der Waals surface area contributed by atoms with Gasteiger partial charge in [-0.3, -0.25) is 9.59 Å². The van der Waals surface area contributed by atoms with Crippen LogP contribution in [-0.4, -0.2) is 17.7 Å². The second-order valence-electron chi connectivity index (χ2n) is 3.81. The van der Waals surface area contributed by atoms with Crippen molar-refractivity contribution >= 4 is 56.0 Å². The van der Waals surface area contributed by atoms with Crippen LogP contribution in [0, 0.1) is 5.92 Å². The van der Waals surface area contributed by atoms with Gasteiger partial charge in [0, 0.05) is 17.4 Å². The van der Waals surface area contributed by atoms with Crippen LogP contribution in [0.3, 0.4) is 0 Å². The van der Waals surface area contributed by atoms with Crippen LogP contribution in [-0.2, 0) is 9.59 Å². The van der Waals surface area contributed by atoms with E-state index in [-0.39, 0.29) is 12.3 Å². The zero-order valence-corrected chi connectivity index (χ0v) is 11.7. The van der Waals surface area contributed by atoms with Crippen molar-refractivity contribution in [3.8, 4) is 0 Å². The van der Waals surface area contributed by atoms with Crippen LogP contribution in [0.1, 0.15) is 6.42 Å². The lowest BCUT2D eigenvalue weighted by Crippen LogP contribution is -2.25. The maximum absolute atomic E-state index is 11.8. The molecule has 1 atom stereocenters.